The molecule has 0 heterocycles. The van der Waals surface area contributed by atoms with Gasteiger partial charge in [0.2, 0.25) is 0 Å². The Labute approximate surface area is 66.0 Å². The van der Waals surface area contributed by atoms with Crippen molar-refractivity contribution in [2.24, 2.45) is 0 Å². The van der Waals surface area contributed by atoms with Gasteiger partial charge in [-0.2, -0.15) is 0 Å². The first-order valence-corrected chi connectivity index (χ1v) is 8.33. The van der Waals surface area contributed by atoms with Gasteiger partial charge in [0.25, 0.3) is 0 Å². The lowest BCUT2D eigenvalue weighted by Gasteiger charge is -2.71. The normalized spacial score (nSPS) is 19.5. The molecule has 0 atom stereocenters. The molecule has 0 nitrogen and oxygen atoms in total. The molecule has 0 N–H and O–H groups in total. The van der Waals surface area contributed by atoms with Crippen LogP contribution in [-0.2, 0) is 0 Å². The standard InChI is InChI=1S/C8H23BS/c1-8-10(4,5,6,7)9(2)3/h8H2,1-7H3. The fourth-order valence-electron chi connectivity index (χ4n) is 0.333. The third kappa shape index (κ3) is 1.95. The van der Waals surface area contributed by atoms with Crippen LogP contribution >= 0.6 is 8.15 Å². The highest BCUT2D eigenvalue weighted by Crippen LogP contribution is 2.79. The summed E-state index contributed by atoms with van der Waals surface area (Å²) in [6, 6.07) is 0. The van der Waals surface area contributed by atoms with Crippen molar-refractivity contribution in [3.63, 3.8) is 0 Å². The van der Waals surface area contributed by atoms with Crippen molar-refractivity contribution in [2.75, 3.05) is 30.8 Å². The molecule has 0 spiro atoms. The summed E-state index contributed by atoms with van der Waals surface area (Å²) in [4.78, 5) is 0. The summed E-state index contributed by atoms with van der Waals surface area (Å²) in [5.74, 6) is 2.16. The Balaban J connectivity index is 4.92. The monoisotopic (exact) mass is 162 g/mol. The Morgan fingerprint density at radius 3 is 1.30 bits per heavy atom. The molecule has 0 fully saturated rings. The zero-order valence-corrected chi connectivity index (χ0v) is 9.51. The van der Waals surface area contributed by atoms with Gasteiger partial charge in [-0.1, -0.05) is 45.6 Å². The van der Waals surface area contributed by atoms with Crippen molar-refractivity contribution in [3.05, 3.63) is 0 Å². The van der Waals surface area contributed by atoms with Crippen molar-refractivity contribution < 1.29 is 0 Å². The maximum atomic E-state index is 2.48. The van der Waals surface area contributed by atoms with E-state index >= 15 is 0 Å². The zero-order chi connectivity index (χ0) is 8.69. The summed E-state index contributed by atoms with van der Waals surface area (Å²) in [6.07, 6.45) is 9.91. The Bertz CT molecular complexity index is 137. The first kappa shape index (κ1) is 10.4. The molecule has 64 valence electrons. The molecule has 0 aliphatic heterocycles. The topological polar surface area (TPSA) is 0 Å². The molecule has 0 unspecified atom stereocenters. The third-order valence-electron chi connectivity index (χ3n) is 3.54. The van der Waals surface area contributed by atoms with Crippen LogP contribution in [0, 0.1) is 0 Å². The predicted molar refractivity (Wildman–Crippen MR) is 59.3 cm³/mol. The van der Waals surface area contributed by atoms with E-state index in [1.54, 1.807) is 0 Å². The van der Waals surface area contributed by atoms with Crippen LogP contribution in [0.2, 0.25) is 13.6 Å². The Morgan fingerprint density at radius 1 is 1.00 bits per heavy atom. The lowest BCUT2D eigenvalue weighted by atomic mass is 9.84. The second kappa shape index (κ2) is 1.77. The fourth-order valence-corrected chi connectivity index (χ4v) is 1.00. The highest BCUT2D eigenvalue weighted by molar-refractivity contribution is 8.79. The molecule has 0 rings (SSSR count). The Kier molecular flexibility index (Phi) is 1.84. The summed E-state index contributed by atoms with van der Waals surface area (Å²) in [6.45, 7) is 7.03. The smallest absolute Gasteiger partial charge is 0.172 e. The molecule has 2 heteroatoms. The highest BCUT2D eigenvalue weighted by atomic mass is 32.4. The SMILES string of the molecule is CCS(C)(C)(C)(C)B(C)C. The van der Waals surface area contributed by atoms with Gasteiger partial charge in [-0.25, -0.2) is 0 Å². The second-order valence-electron chi connectivity index (χ2n) is 6.05. The molecule has 0 bridgehead atoms. The Morgan fingerprint density at radius 2 is 1.30 bits per heavy atom. The van der Waals surface area contributed by atoms with Crippen molar-refractivity contribution in [2.45, 2.75) is 20.6 Å². The molecule has 0 aromatic carbocycles. The number of rotatable bonds is 2. The summed E-state index contributed by atoms with van der Waals surface area (Å²) < 4.78 is 0. The summed E-state index contributed by atoms with van der Waals surface area (Å²) in [5, 5.41) is 0. The van der Waals surface area contributed by atoms with E-state index in [1.807, 2.05) is 0 Å². The minimum Gasteiger partial charge on any atom is -0.302 e. The first-order chi connectivity index (χ1) is 4.02. The first-order valence-electron chi connectivity index (χ1n) is 4.02. The van der Waals surface area contributed by atoms with Crippen molar-refractivity contribution >= 4 is 14.1 Å². The minimum absolute atomic E-state index is 0.824. The number of hydrogen-bond acceptors (Lipinski definition) is 0. The van der Waals surface area contributed by atoms with Crippen LogP contribution in [0.25, 0.3) is 0 Å². The molecule has 0 aromatic rings. The lowest BCUT2D eigenvalue weighted by Crippen LogP contribution is -2.44. The van der Waals surface area contributed by atoms with E-state index in [0.29, 0.717) is 0 Å². The van der Waals surface area contributed by atoms with E-state index in [2.05, 4.69) is 45.6 Å². The molecule has 10 heavy (non-hydrogen) atoms. The van der Waals surface area contributed by atoms with Gasteiger partial charge in [-0.05, 0) is 5.75 Å². The average molecular weight is 162 g/mol. The molecule has 0 aliphatic carbocycles. The van der Waals surface area contributed by atoms with Gasteiger partial charge in [-0.3, -0.25) is 0 Å². The van der Waals surface area contributed by atoms with E-state index in [0.717, 1.165) is 5.99 Å². The van der Waals surface area contributed by atoms with Gasteiger partial charge >= 0.3 is 0 Å². The zero-order valence-electron chi connectivity index (χ0n) is 8.69. The van der Waals surface area contributed by atoms with Gasteiger partial charge in [0, 0.05) is 0 Å². The van der Waals surface area contributed by atoms with Crippen LogP contribution in [-0.4, -0.2) is 36.8 Å². The van der Waals surface area contributed by atoms with Crippen LogP contribution in [0.15, 0.2) is 0 Å². The van der Waals surface area contributed by atoms with E-state index in [9.17, 15) is 0 Å². The number of hydrogen-bond donors (Lipinski definition) is 0. The van der Waals surface area contributed by atoms with Gasteiger partial charge in [-0.15, -0.1) is 0 Å². The van der Waals surface area contributed by atoms with Crippen LogP contribution in [0.5, 0.6) is 0 Å². The largest absolute Gasteiger partial charge is 0.302 e. The molecule has 0 radical (unpaired) electrons. The fraction of sp³-hybridized carbons (Fsp3) is 1.00. The third-order valence-corrected chi connectivity index (χ3v) is 10.6. The molecule has 0 amide bonds. The lowest BCUT2D eigenvalue weighted by molar-refractivity contribution is 1.44. The van der Waals surface area contributed by atoms with E-state index in [1.165, 1.54) is 5.75 Å². The van der Waals surface area contributed by atoms with E-state index < -0.39 is 8.15 Å². The van der Waals surface area contributed by atoms with Crippen LogP contribution < -0.4 is 0 Å². The molecule has 0 aliphatic rings. The van der Waals surface area contributed by atoms with Gasteiger partial charge in [0.1, 0.15) is 0 Å². The summed E-state index contributed by atoms with van der Waals surface area (Å²) in [7, 11) is -1.64. The summed E-state index contributed by atoms with van der Waals surface area (Å²) >= 11 is 0. The van der Waals surface area contributed by atoms with Gasteiger partial charge in [0.15, 0.2) is 5.99 Å². The predicted octanol–water partition coefficient (Wildman–Crippen LogP) is 2.65. The van der Waals surface area contributed by atoms with Crippen molar-refractivity contribution in [1.29, 1.82) is 0 Å². The average Bonchev–Trinajstić information content (AvgIpc) is 1.64. The van der Waals surface area contributed by atoms with E-state index in [-0.39, 0.29) is 0 Å². The van der Waals surface area contributed by atoms with Crippen LogP contribution in [0.3, 0.4) is 0 Å². The molecular weight excluding hydrogens is 139 g/mol. The second-order valence-corrected chi connectivity index (χ2v) is 17.0. The van der Waals surface area contributed by atoms with E-state index in [4.69, 9.17) is 0 Å². The highest BCUT2D eigenvalue weighted by Gasteiger charge is 2.45. The van der Waals surface area contributed by atoms with Crippen molar-refractivity contribution in [1.82, 2.24) is 0 Å². The van der Waals surface area contributed by atoms with Crippen molar-refractivity contribution in [3.8, 4) is 0 Å². The van der Waals surface area contributed by atoms with Gasteiger partial charge in [0.05, 0.1) is 0 Å². The quantitative estimate of drug-likeness (QED) is 0.547. The maximum absolute atomic E-state index is 2.48. The van der Waals surface area contributed by atoms with Crippen LogP contribution in [0.1, 0.15) is 6.92 Å². The minimum atomic E-state index is -1.64. The Hall–Kier alpha value is 0.415. The maximum Gasteiger partial charge on any atom is 0.172 e. The van der Waals surface area contributed by atoms with Crippen LogP contribution in [0.4, 0.5) is 0 Å². The van der Waals surface area contributed by atoms with Gasteiger partial charge < -0.3 is 8.15 Å². The summed E-state index contributed by atoms with van der Waals surface area (Å²) in [5.41, 5.74) is 0. The molecule has 0 saturated heterocycles. The molecule has 0 saturated carbocycles. The molecule has 0 aromatic heterocycles. The molecular formula is C8H23BS.